The van der Waals surface area contributed by atoms with Gasteiger partial charge in [0.25, 0.3) is 0 Å². The van der Waals surface area contributed by atoms with Crippen molar-refractivity contribution in [1.82, 2.24) is 4.90 Å². The Morgan fingerprint density at radius 1 is 1.47 bits per heavy atom. The molecule has 100 valence electrons. The topological polar surface area (TPSA) is 72.4 Å². The summed E-state index contributed by atoms with van der Waals surface area (Å²) in [5, 5.41) is 0. The fraction of sp³-hybridized carbons (Fsp3) is 0.923. The van der Waals surface area contributed by atoms with Crippen molar-refractivity contribution in [2.45, 2.75) is 52.6 Å². The first kappa shape index (κ1) is 14.5. The predicted molar refractivity (Wildman–Crippen MR) is 70.4 cm³/mol. The number of carbonyl (C=O) groups excluding carboxylic acids is 1. The molecule has 17 heavy (non-hydrogen) atoms. The van der Waals surface area contributed by atoms with Crippen LogP contribution in [0.15, 0.2) is 0 Å². The average Bonchev–Trinajstić information content (AvgIpc) is 2.20. The van der Waals surface area contributed by atoms with Gasteiger partial charge in [0.05, 0.1) is 6.04 Å². The summed E-state index contributed by atoms with van der Waals surface area (Å²) in [6, 6.07) is -0.187. The lowest BCUT2D eigenvalue weighted by Gasteiger charge is -2.43. The lowest BCUT2D eigenvalue weighted by atomic mass is 9.79. The SMILES string of the molecule is CC(C)C[C@H](N)C(=O)N1CCC(N)C(C)(C)C1. The van der Waals surface area contributed by atoms with Crippen LogP contribution in [0.5, 0.6) is 0 Å². The monoisotopic (exact) mass is 241 g/mol. The number of likely N-dealkylation sites (tertiary alicyclic amines) is 1. The molecule has 4 N–H and O–H groups in total. The molecule has 1 aliphatic rings. The molecule has 0 spiro atoms. The Bertz CT molecular complexity index is 276. The molecule has 0 bridgehead atoms. The van der Waals surface area contributed by atoms with Crippen molar-refractivity contribution in [3.05, 3.63) is 0 Å². The van der Waals surface area contributed by atoms with Crippen LogP contribution in [0.25, 0.3) is 0 Å². The molecule has 1 aliphatic heterocycles. The molecule has 4 heteroatoms. The van der Waals surface area contributed by atoms with E-state index < -0.39 is 0 Å². The zero-order chi connectivity index (χ0) is 13.2. The van der Waals surface area contributed by atoms with Crippen LogP contribution in [0.2, 0.25) is 0 Å². The van der Waals surface area contributed by atoms with E-state index in [1.165, 1.54) is 0 Å². The summed E-state index contributed by atoms with van der Waals surface area (Å²) in [6.07, 6.45) is 1.62. The van der Waals surface area contributed by atoms with E-state index in [0.29, 0.717) is 5.92 Å². The smallest absolute Gasteiger partial charge is 0.239 e. The zero-order valence-electron chi connectivity index (χ0n) is 11.6. The molecular formula is C13H27N3O. The summed E-state index contributed by atoms with van der Waals surface area (Å²) in [5.74, 6) is 0.535. The van der Waals surface area contributed by atoms with Gasteiger partial charge in [-0.2, -0.15) is 0 Å². The van der Waals surface area contributed by atoms with Crippen molar-refractivity contribution < 1.29 is 4.79 Å². The maximum absolute atomic E-state index is 12.2. The summed E-state index contributed by atoms with van der Waals surface area (Å²) in [5.41, 5.74) is 12.0. The molecular weight excluding hydrogens is 214 g/mol. The van der Waals surface area contributed by atoms with Gasteiger partial charge in [-0.15, -0.1) is 0 Å². The standard InChI is InChI=1S/C13H27N3O/c1-9(2)7-10(14)12(17)16-6-5-11(15)13(3,4)8-16/h9-11H,5-8,14-15H2,1-4H3/t10-,11?/m0/s1. The Morgan fingerprint density at radius 2 is 2.06 bits per heavy atom. The normalized spacial score (nSPS) is 26.1. The number of amides is 1. The van der Waals surface area contributed by atoms with Gasteiger partial charge in [0, 0.05) is 19.1 Å². The Hall–Kier alpha value is -0.610. The van der Waals surface area contributed by atoms with Gasteiger partial charge in [0.15, 0.2) is 0 Å². The molecule has 4 nitrogen and oxygen atoms in total. The Labute approximate surface area is 105 Å². The number of piperidine rings is 1. The molecule has 0 aliphatic carbocycles. The van der Waals surface area contributed by atoms with Gasteiger partial charge in [-0.25, -0.2) is 0 Å². The highest BCUT2D eigenvalue weighted by Crippen LogP contribution is 2.28. The van der Waals surface area contributed by atoms with E-state index in [0.717, 1.165) is 25.9 Å². The first-order valence-corrected chi connectivity index (χ1v) is 6.54. The Kier molecular flexibility index (Phi) is 4.55. The molecule has 0 aromatic rings. The summed E-state index contributed by atoms with van der Waals surface area (Å²) in [4.78, 5) is 14.1. The van der Waals surface area contributed by atoms with Gasteiger partial charge in [-0.3, -0.25) is 4.79 Å². The third-order valence-corrected chi connectivity index (χ3v) is 3.67. The maximum atomic E-state index is 12.2. The van der Waals surface area contributed by atoms with Crippen molar-refractivity contribution in [3.8, 4) is 0 Å². The fourth-order valence-corrected chi connectivity index (χ4v) is 2.41. The van der Waals surface area contributed by atoms with Crippen LogP contribution in [0.4, 0.5) is 0 Å². The molecule has 0 saturated carbocycles. The van der Waals surface area contributed by atoms with Crippen LogP contribution in [-0.2, 0) is 4.79 Å². The highest BCUT2D eigenvalue weighted by Gasteiger charge is 2.36. The Morgan fingerprint density at radius 3 is 2.53 bits per heavy atom. The van der Waals surface area contributed by atoms with Gasteiger partial charge < -0.3 is 16.4 Å². The minimum absolute atomic E-state index is 0.00847. The first-order valence-electron chi connectivity index (χ1n) is 6.54. The van der Waals surface area contributed by atoms with Crippen molar-refractivity contribution >= 4 is 5.91 Å². The summed E-state index contributed by atoms with van der Waals surface area (Å²) in [6.45, 7) is 9.87. The van der Waals surface area contributed by atoms with E-state index >= 15 is 0 Å². The number of nitrogens with zero attached hydrogens (tertiary/aromatic N) is 1. The molecule has 2 atom stereocenters. The summed E-state index contributed by atoms with van der Waals surface area (Å²) >= 11 is 0. The number of hydrogen-bond donors (Lipinski definition) is 2. The van der Waals surface area contributed by atoms with E-state index in [1.807, 2.05) is 4.90 Å². The second kappa shape index (κ2) is 5.36. The first-order chi connectivity index (χ1) is 7.74. The van der Waals surface area contributed by atoms with Crippen LogP contribution < -0.4 is 11.5 Å². The average molecular weight is 241 g/mol. The Balaban J connectivity index is 2.59. The molecule has 0 radical (unpaired) electrons. The number of rotatable bonds is 3. The molecule has 1 fully saturated rings. The third-order valence-electron chi connectivity index (χ3n) is 3.67. The lowest BCUT2D eigenvalue weighted by Crippen LogP contribution is -2.57. The predicted octanol–water partition coefficient (Wildman–Crippen LogP) is 0.946. The minimum atomic E-state index is -0.361. The van der Waals surface area contributed by atoms with Crippen molar-refractivity contribution in [3.63, 3.8) is 0 Å². The molecule has 1 saturated heterocycles. The summed E-state index contributed by atoms with van der Waals surface area (Å²) in [7, 11) is 0. The highest BCUT2D eigenvalue weighted by atomic mass is 16.2. The molecule has 0 aromatic heterocycles. The molecule has 0 aromatic carbocycles. The van der Waals surface area contributed by atoms with E-state index in [2.05, 4.69) is 27.7 Å². The maximum Gasteiger partial charge on any atom is 0.239 e. The zero-order valence-corrected chi connectivity index (χ0v) is 11.6. The molecule has 1 unspecified atom stereocenters. The second-order valence-corrected chi connectivity index (χ2v) is 6.38. The van der Waals surface area contributed by atoms with Crippen molar-refractivity contribution in [1.29, 1.82) is 0 Å². The highest BCUT2D eigenvalue weighted by molar-refractivity contribution is 5.81. The van der Waals surface area contributed by atoms with E-state index in [9.17, 15) is 4.79 Å². The van der Waals surface area contributed by atoms with Crippen LogP contribution in [0.1, 0.15) is 40.5 Å². The van der Waals surface area contributed by atoms with Gasteiger partial charge in [-0.05, 0) is 24.2 Å². The van der Waals surface area contributed by atoms with Crippen molar-refractivity contribution in [2.24, 2.45) is 22.8 Å². The van der Waals surface area contributed by atoms with E-state index in [4.69, 9.17) is 11.5 Å². The number of hydrogen-bond acceptors (Lipinski definition) is 3. The number of carbonyl (C=O) groups is 1. The fourth-order valence-electron chi connectivity index (χ4n) is 2.41. The van der Waals surface area contributed by atoms with E-state index in [1.54, 1.807) is 0 Å². The molecule has 1 heterocycles. The quantitative estimate of drug-likeness (QED) is 0.772. The molecule has 1 rings (SSSR count). The van der Waals surface area contributed by atoms with E-state index in [-0.39, 0.29) is 23.4 Å². The van der Waals surface area contributed by atoms with Crippen molar-refractivity contribution in [2.75, 3.05) is 13.1 Å². The third kappa shape index (κ3) is 3.68. The number of nitrogens with two attached hydrogens (primary N) is 2. The van der Waals surface area contributed by atoms with Crippen LogP contribution in [0, 0.1) is 11.3 Å². The van der Waals surface area contributed by atoms with Gasteiger partial charge >= 0.3 is 0 Å². The van der Waals surface area contributed by atoms with Crippen LogP contribution in [-0.4, -0.2) is 36.0 Å². The van der Waals surface area contributed by atoms with Gasteiger partial charge in [0.2, 0.25) is 5.91 Å². The lowest BCUT2D eigenvalue weighted by molar-refractivity contribution is -0.136. The van der Waals surface area contributed by atoms with Crippen LogP contribution >= 0.6 is 0 Å². The minimum Gasteiger partial charge on any atom is -0.341 e. The summed E-state index contributed by atoms with van der Waals surface area (Å²) < 4.78 is 0. The van der Waals surface area contributed by atoms with Crippen LogP contribution in [0.3, 0.4) is 0 Å². The second-order valence-electron chi connectivity index (χ2n) is 6.38. The molecule has 1 amide bonds. The largest absolute Gasteiger partial charge is 0.341 e. The van der Waals surface area contributed by atoms with Gasteiger partial charge in [0.1, 0.15) is 0 Å². The van der Waals surface area contributed by atoms with Gasteiger partial charge in [-0.1, -0.05) is 27.7 Å².